The Kier molecular flexibility index (Phi) is 7.73. The predicted molar refractivity (Wildman–Crippen MR) is 128 cm³/mol. The van der Waals surface area contributed by atoms with E-state index in [1.807, 2.05) is 0 Å². The van der Waals surface area contributed by atoms with Crippen LogP contribution in [0.1, 0.15) is 22.8 Å². The van der Waals surface area contributed by atoms with Crippen LogP contribution in [-0.4, -0.2) is 33.4 Å². The zero-order chi connectivity index (χ0) is 24.0. The van der Waals surface area contributed by atoms with Gasteiger partial charge in [-0.2, -0.15) is 0 Å². The second-order valence-electron chi connectivity index (χ2n) is 7.09. The van der Waals surface area contributed by atoms with E-state index in [1.165, 1.54) is 22.5 Å². The molecule has 172 valence electrons. The summed E-state index contributed by atoms with van der Waals surface area (Å²) in [6.07, 6.45) is 0. The van der Waals surface area contributed by atoms with E-state index in [-0.39, 0.29) is 22.2 Å². The van der Waals surface area contributed by atoms with Gasteiger partial charge in [-0.05, 0) is 55.8 Å². The molecule has 33 heavy (non-hydrogen) atoms. The first-order valence-electron chi connectivity index (χ1n) is 10.1. The molecule has 9 heteroatoms. The van der Waals surface area contributed by atoms with E-state index in [1.54, 1.807) is 68.4 Å². The number of aryl methyl sites for hydroxylation is 1. The van der Waals surface area contributed by atoms with Crippen molar-refractivity contribution in [1.82, 2.24) is 0 Å². The highest BCUT2D eigenvalue weighted by Gasteiger charge is 2.25. The number of halogens is 1. The van der Waals surface area contributed by atoms with Gasteiger partial charge in [0.2, 0.25) is 0 Å². The molecule has 0 bridgehead atoms. The van der Waals surface area contributed by atoms with Crippen molar-refractivity contribution in [3.05, 3.63) is 88.9 Å². The van der Waals surface area contributed by atoms with Crippen molar-refractivity contribution in [1.29, 1.82) is 0 Å². The number of nitrogens with zero attached hydrogens (tertiary/aromatic N) is 1. The fourth-order valence-electron chi connectivity index (χ4n) is 3.17. The van der Waals surface area contributed by atoms with Gasteiger partial charge in [0.1, 0.15) is 0 Å². The average Bonchev–Trinajstić information content (AvgIpc) is 2.80. The van der Waals surface area contributed by atoms with Gasteiger partial charge in [-0.15, -0.1) is 0 Å². The molecule has 0 aromatic heterocycles. The predicted octanol–water partition coefficient (Wildman–Crippen LogP) is 4.66. The lowest BCUT2D eigenvalue weighted by Crippen LogP contribution is -2.30. The van der Waals surface area contributed by atoms with Crippen molar-refractivity contribution < 1.29 is 22.7 Å². The third-order valence-electron chi connectivity index (χ3n) is 4.83. The van der Waals surface area contributed by atoms with Crippen molar-refractivity contribution in [2.45, 2.75) is 18.7 Å². The molecule has 0 saturated heterocycles. The number of esters is 1. The molecule has 0 saturated carbocycles. The van der Waals surface area contributed by atoms with E-state index >= 15 is 0 Å². The monoisotopic (exact) mass is 486 g/mol. The molecule has 0 aliphatic carbocycles. The number of carbonyl (C=O) groups excluding carboxylic acids is 2. The molecule has 1 amide bonds. The summed E-state index contributed by atoms with van der Waals surface area (Å²) in [6.45, 7) is 3.15. The molecule has 7 nitrogen and oxygen atoms in total. The third kappa shape index (κ3) is 5.71. The number of rotatable bonds is 8. The fourth-order valence-corrected chi connectivity index (χ4v) is 4.84. The van der Waals surface area contributed by atoms with Crippen LogP contribution in [0.25, 0.3) is 0 Å². The van der Waals surface area contributed by atoms with Gasteiger partial charge in [0.25, 0.3) is 15.9 Å². The minimum absolute atomic E-state index is 0.0372. The van der Waals surface area contributed by atoms with Gasteiger partial charge < -0.3 is 10.1 Å². The second kappa shape index (κ2) is 10.5. The minimum atomic E-state index is -3.91. The van der Waals surface area contributed by atoms with Gasteiger partial charge >= 0.3 is 5.97 Å². The highest BCUT2D eigenvalue weighted by molar-refractivity contribution is 7.92. The van der Waals surface area contributed by atoms with E-state index in [2.05, 4.69) is 5.32 Å². The highest BCUT2D eigenvalue weighted by Crippen LogP contribution is 2.29. The first-order valence-corrected chi connectivity index (χ1v) is 12.0. The number of hydrogen-bond acceptors (Lipinski definition) is 5. The van der Waals surface area contributed by atoms with Gasteiger partial charge in [-0.3, -0.25) is 9.10 Å². The number of benzene rings is 3. The van der Waals surface area contributed by atoms with E-state index < -0.39 is 28.5 Å². The molecule has 0 atom stereocenters. The third-order valence-corrected chi connectivity index (χ3v) is 7.06. The number of carbonyl (C=O) groups is 2. The SMILES string of the molecule is CCN(c1ccccc1)S(=O)(=O)c1ccc(Cl)c(NC(=O)COC(=O)c2ccccc2C)c1. The van der Waals surface area contributed by atoms with E-state index in [9.17, 15) is 18.0 Å². The Morgan fingerprint density at radius 2 is 1.67 bits per heavy atom. The normalized spacial score (nSPS) is 11.0. The molecular formula is C24H23ClN2O5S. The van der Waals surface area contributed by atoms with Crippen LogP contribution in [0, 0.1) is 6.92 Å². The number of amides is 1. The van der Waals surface area contributed by atoms with Crippen LogP contribution < -0.4 is 9.62 Å². The smallest absolute Gasteiger partial charge is 0.338 e. The molecule has 0 aliphatic heterocycles. The molecule has 0 heterocycles. The molecule has 1 N–H and O–H groups in total. The van der Waals surface area contributed by atoms with E-state index in [0.29, 0.717) is 11.3 Å². The summed E-state index contributed by atoms with van der Waals surface area (Å²) in [5.41, 5.74) is 1.70. The Hall–Kier alpha value is -3.36. The molecule has 3 aromatic rings. The first kappa shape index (κ1) is 24.3. The summed E-state index contributed by atoms with van der Waals surface area (Å²) in [5, 5.41) is 2.66. The maximum absolute atomic E-state index is 13.2. The fraction of sp³-hybridized carbons (Fsp3) is 0.167. The standard InChI is InChI=1S/C24H23ClN2O5S/c1-3-27(18-10-5-4-6-11-18)33(30,31)19-13-14-21(25)22(15-19)26-23(28)16-32-24(29)20-12-8-7-9-17(20)2/h4-15H,3,16H2,1-2H3,(H,26,28). The summed E-state index contributed by atoms with van der Waals surface area (Å²) < 4.78 is 32.8. The van der Waals surface area contributed by atoms with Crippen LogP contribution in [0.5, 0.6) is 0 Å². The Labute approximate surface area is 198 Å². The summed E-state index contributed by atoms with van der Waals surface area (Å²) in [4.78, 5) is 24.5. The van der Waals surface area contributed by atoms with Gasteiger partial charge in [0.05, 0.1) is 26.9 Å². The molecule has 3 aromatic carbocycles. The van der Waals surface area contributed by atoms with Crippen LogP contribution in [0.15, 0.2) is 77.7 Å². The Morgan fingerprint density at radius 1 is 1.00 bits per heavy atom. The number of ether oxygens (including phenoxy) is 1. The molecule has 0 fully saturated rings. The molecule has 0 unspecified atom stereocenters. The number of sulfonamides is 1. The summed E-state index contributed by atoms with van der Waals surface area (Å²) in [7, 11) is -3.91. The Morgan fingerprint density at radius 3 is 2.33 bits per heavy atom. The Balaban J connectivity index is 1.75. The van der Waals surface area contributed by atoms with Gasteiger partial charge in [-0.25, -0.2) is 13.2 Å². The molecule has 0 radical (unpaired) electrons. The number of anilines is 2. The molecule has 3 rings (SSSR count). The lowest BCUT2D eigenvalue weighted by atomic mass is 10.1. The highest BCUT2D eigenvalue weighted by atomic mass is 35.5. The summed E-state index contributed by atoms with van der Waals surface area (Å²) >= 11 is 6.17. The topological polar surface area (TPSA) is 92.8 Å². The number of nitrogens with one attached hydrogen (secondary N) is 1. The van der Waals surface area contributed by atoms with Crippen molar-refractivity contribution in [3.63, 3.8) is 0 Å². The van der Waals surface area contributed by atoms with Crippen molar-refractivity contribution in [2.24, 2.45) is 0 Å². The molecule has 0 spiro atoms. The zero-order valence-electron chi connectivity index (χ0n) is 18.1. The average molecular weight is 487 g/mol. The zero-order valence-corrected chi connectivity index (χ0v) is 19.7. The van der Waals surface area contributed by atoms with Crippen LogP contribution >= 0.6 is 11.6 Å². The quantitative estimate of drug-likeness (QED) is 0.467. The number of para-hydroxylation sites is 1. The minimum Gasteiger partial charge on any atom is -0.452 e. The largest absolute Gasteiger partial charge is 0.452 e. The van der Waals surface area contributed by atoms with Gasteiger partial charge in [-0.1, -0.05) is 48.0 Å². The lowest BCUT2D eigenvalue weighted by molar-refractivity contribution is -0.119. The molecular weight excluding hydrogens is 464 g/mol. The van der Waals surface area contributed by atoms with Crippen LogP contribution in [0.3, 0.4) is 0 Å². The maximum Gasteiger partial charge on any atom is 0.338 e. The van der Waals surface area contributed by atoms with Crippen LogP contribution in [-0.2, 0) is 19.6 Å². The van der Waals surface area contributed by atoms with E-state index in [0.717, 1.165) is 5.56 Å². The lowest BCUT2D eigenvalue weighted by Gasteiger charge is -2.23. The summed E-state index contributed by atoms with van der Waals surface area (Å²) in [6, 6.07) is 19.6. The van der Waals surface area contributed by atoms with Gasteiger partial charge in [0.15, 0.2) is 6.61 Å². The van der Waals surface area contributed by atoms with Crippen LogP contribution in [0.2, 0.25) is 5.02 Å². The maximum atomic E-state index is 13.2. The first-order chi connectivity index (χ1) is 15.7. The summed E-state index contributed by atoms with van der Waals surface area (Å²) in [5.74, 6) is -1.28. The Bertz CT molecular complexity index is 1260. The van der Waals surface area contributed by atoms with Crippen LogP contribution in [0.4, 0.5) is 11.4 Å². The van der Waals surface area contributed by atoms with Crippen molar-refractivity contribution >= 4 is 44.9 Å². The van der Waals surface area contributed by atoms with E-state index in [4.69, 9.17) is 16.3 Å². The van der Waals surface area contributed by atoms with Crippen molar-refractivity contribution in [2.75, 3.05) is 22.8 Å². The second-order valence-corrected chi connectivity index (χ2v) is 9.36. The number of hydrogen-bond donors (Lipinski definition) is 1. The van der Waals surface area contributed by atoms with Gasteiger partial charge in [0, 0.05) is 6.54 Å². The molecule has 0 aliphatic rings. The van der Waals surface area contributed by atoms with Crippen molar-refractivity contribution in [3.8, 4) is 0 Å².